The quantitative estimate of drug-likeness (QED) is 0.614. The fourth-order valence-corrected chi connectivity index (χ4v) is 2.36. The Balaban J connectivity index is 0.000000273. The van der Waals surface area contributed by atoms with Gasteiger partial charge < -0.3 is 14.9 Å². The van der Waals surface area contributed by atoms with E-state index in [2.05, 4.69) is 0 Å². The van der Waals surface area contributed by atoms with Crippen LogP contribution in [-0.4, -0.2) is 24.5 Å². The van der Waals surface area contributed by atoms with Crippen LogP contribution in [0.15, 0.2) is 52.0 Å². The van der Waals surface area contributed by atoms with Gasteiger partial charge in [-0.2, -0.15) is 8.42 Å². The summed E-state index contributed by atoms with van der Waals surface area (Å²) in [5, 5.41) is 0. The van der Waals surface area contributed by atoms with E-state index < -0.39 is 21.8 Å². The second-order valence-corrected chi connectivity index (χ2v) is 8.12. The fourth-order valence-electron chi connectivity index (χ4n) is 1.88. The highest BCUT2D eigenvalue weighted by Gasteiger charge is 2.20. The number of furan rings is 1. The third-order valence-electron chi connectivity index (χ3n) is 3.03. The molecule has 1 aromatic heterocycles. The van der Waals surface area contributed by atoms with Crippen LogP contribution in [0.5, 0.6) is 0 Å². The zero-order chi connectivity index (χ0) is 20.0. The Morgan fingerprint density at radius 2 is 1.81 bits per heavy atom. The van der Waals surface area contributed by atoms with Gasteiger partial charge in [0.1, 0.15) is 11.4 Å². The monoisotopic (exact) mass is 383 g/mol. The normalized spacial score (nSPS) is 12.7. The van der Waals surface area contributed by atoms with E-state index in [-0.39, 0.29) is 17.3 Å². The zero-order valence-electron chi connectivity index (χ0n) is 15.3. The highest BCUT2D eigenvalue weighted by molar-refractivity contribution is 7.85. The van der Waals surface area contributed by atoms with Crippen molar-refractivity contribution in [2.45, 2.75) is 50.7 Å². The number of esters is 1. The Morgan fingerprint density at radius 1 is 1.23 bits per heavy atom. The minimum atomic E-state index is -4.02. The third-order valence-corrected chi connectivity index (χ3v) is 3.90. The molecule has 0 spiro atoms. The van der Waals surface area contributed by atoms with Crippen LogP contribution in [0, 0.1) is 6.92 Å². The van der Waals surface area contributed by atoms with Crippen LogP contribution in [0.3, 0.4) is 0 Å². The predicted octanol–water partition coefficient (Wildman–Crippen LogP) is 3.25. The van der Waals surface area contributed by atoms with Gasteiger partial charge in [0.2, 0.25) is 0 Å². The summed E-state index contributed by atoms with van der Waals surface area (Å²) in [6.07, 6.45) is 1.66. The van der Waals surface area contributed by atoms with Gasteiger partial charge in [0.05, 0.1) is 23.6 Å². The van der Waals surface area contributed by atoms with E-state index in [0.29, 0.717) is 5.76 Å². The SMILES string of the molecule is CC(C)(C)OC(=O)C[C@H](N)c1ccco1.Cc1ccc(S(=O)(=O)O)cc1. The second-order valence-electron chi connectivity index (χ2n) is 6.70. The molecule has 3 N–H and O–H groups in total. The molecule has 0 aliphatic carbocycles. The number of carbonyl (C=O) groups is 1. The molecular formula is C18H25NO6S. The minimum Gasteiger partial charge on any atom is -0.468 e. The van der Waals surface area contributed by atoms with Crippen molar-refractivity contribution in [2.75, 3.05) is 0 Å². The molecule has 26 heavy (non-hydrogen) atoms. The van der Waals surface area contributed by atoms with E-state index in [1.54, 1.807) is 24.3 Å². The summed E-state index contributed by atoms with van der Waals surface area (Å²) in [7, 11) is -4.02. The number of rotatable bonds is 4. The Bertz CT molecular complexity index is 789. The van der Waals surface area contributed by atoms with Crippen molar-refractivity contribution >= 4 is 16.1 Å². The van der Waals surface area contributed by atoms with Crippen molar-refractivity contribution in [3.8, 4) is 0 Å². The van der Waals surface area contributed by atoms with E-state index in [1.807, 2.05) is 27.7 Å². The molecule has 1 aromatic carbocycles. The van der Waals surface area contributed by atoms with Crippen LogP contribution in [-0.2, 0) is 19.6 Å². The van der Waals surface area contributed by atoms with Gasteiger partial charge in [-0.1, -0.05) is 17.7 Å². The molecule has 0 bridgehead atoms. The van der Waals surface area contributed by atoms with E-state index >= 15 is 0 Å². The first-order valence-electron chi connectivity index (χ1n) is 7.93. The largest absolute Gasteiger partial charge is 0.468 e. The number of ether oxygens (including phenoxy) is 1. The van der Waals surface area contributed by atoms with Gasteiger partial charge in [0.25, 0.3) is 10.1 Å². The number of hydrogen-bond acceptors (Lipinski definition) is 6. The first-order chi connectivity index (χ1) is 11.9. The Kier molecular flexibility index (Phi) is 7.55. The highest BCUT2D eigenvalue weighted by atomic mass is 32.2. The number of nitrogens with two attached hydrogens (primary N) is 1. The lowest BCUT2D eigenvalue weighted by Gasteiger charge is -2.20. The molecule has 0 aliphatic heterocycles. The topological polar surface area (TPSA) is 120 Å². The predicted molar refractivity (Wildman–Crippen MR) is 97.1 cm³/mol. The molecule has 0 fully saturated rings. The van der Waals surface area contributed by atoms with Gasteiger partial charge in [-0.3, -0.25) is 9.35 Å². The van der Waals surface area contributed by atoms with Crippen molar-refractivity contribution in [1.29, 1.82) is 0 Å². The molecule has 2 rings (SSSR count). The average molecular weight is 383 g/mol. The number of carbonyl (C=O) groups excluding carboxylic acids is 1. The highest BCUT2D eigenvalue weighted by Crippen LogP contribution is 2.17. The maximum Gasteiger partial charge on any atom is 0.308 e. The van der Waals surface area contributed by atoms with Crippen LogP contribution in [0.2, 0.25) is 0 Å². The smallest absolute Gasteiger partial charge is 0.308 e. The van der Waals surface area contributed by atoms with Crippen molar-refractivity contribution in [3.05, 3.63) is 54.0 Å². The molecule has 0 aliphatic rings. The molecule has 8 heteroatoms. The molecule has 7 nitrogen and oxygen atoms in total. The average Bonchev–Trinajstić information content (AvgIpc) is 2.99. The summed E-state index contributed by atoms with van der Waals surface area (Å²) in [4.78, 5) is 11.4. The zero-order valence-corrected chi connectivity index (χ0v) is 16.1. The van der Waals surface area contributed by atoms with E-state index in [0.717, 1.165) is 5.56 Å². The molecular weight excluding hydrogens is 358 g/mol. The molecule has 0 amide bonds. The molecule has 0 saturated heterocycles. The van der Waals surface area contributed by atoms with Crippen LogP contribution >= 0.6 is 0 Å². The van der Waals surface area contributed by atoms with Crippen LogP contribution in [0.25, 0.3) is 0 Å². The molecule has 1 heterocycles. The van der Waals surface area contributed by atoms with Crippen molar-refractivity contribution < 1.29 is 26.9 Å². The summed E-state index contributed by atoms with van der Waals surface area (Å²) in [6.45, 7) is 7.31. The Labute approximate surface area is 153 Å². The molecule has 144 valence electrons. The molecule has 0 saturated carbocycles. The number of aryl methyl sites for hydroxylation is 1. The lowest BCUT2D eigenvalue weighted by atomic mass is 10.1. The summed E-state index contributed by atoms with van der Waals surface area (Å²) in [6, 6.07) is 9.04. The number of benzene rings is 1. The lowest BCUT2D eigenvalue weighted by Crippen LogP contribution is -2.26. The van der Waals surface area contributed by atoms with Crippen LogP contribution in [0.1, 0.15) is 44.6 Å². The van der Waals surface area contributed by atoms with Crippen LogP contribution in [0.4, 0.5) is 0 Å². The minimum absolute atomic E-state index is 0.0666. The summed E-state index contributed by atoms with van der Waals surface area (Å²) in [5.74, 6) is 0.284. The van der Waals surface area contributed by atoms with Crippen LogP contribution < -0.4 is 5.73 Å². The van der Waals surface area contributed by atoms with Crippen molar-refractivity contribution in [3.63, 3.8) is 0 Å². The van der Waals surface area contributed by atoms with Gasteiger partial charge in [-0.15, -0.1) is 0 Å². The first-order valence-corrected chi connectivity index (χ1v) is 9.37. The summed E-state index contributed by atoms with van der Waals surface area (Å²) in [5.41, 5.74) is 6.25. The van der Waals surface area contributed by atoms with Crippen molar-refractivity contribution in [1.82, 2.24) is 0 Å². The van der Waals surface area contributed by atoms with Gasteiger partial charge in [0, 0.05) is 0 Å². The van der Waals surface area contributed by atoms with E-state index in [4.69, 9.17) is 19.4 Å². The van der Waals surface area contributed by atoms with E-state index in [1.165, 1.54) is 18.4 Å². The Hall–Kier alpha value is -2.16. The Morgan fingerprint density at radius 3 is 2.23 bits per heavy atom. The maximum absolute atomic E-state index is 11.4. The summed E-state index contributed by atoms with van der Waals surface area (Å²) < 4.78 is 39.8. The molecule has 2 aromatic rings. The third kappa shape index (κ3) is 8.28. The molecule has 0 radical (unpaired) electrons. The van der Waals surface area contributed by atoms with Gasteiger partial charge in [-0.25, -0.2) is 0 Å². The van der Waals surface area contributed by atoms with Gasteiger partial charge in [-0.05, 0) is 52.0 Å². The standard InChI is InChI=1S/C11H17NO3.C7H8O3S/c1-11(2,3)15-10(13)7-8(12)9-5-4-6-14-9;1-6-2-4-7(5-3-6)11(8,9)10/h4-6,8H,7,12H2,1-3H3;2-5H,1H3,(H,8,9,10)/t8-;/m0./s1. The molecule has 0 unspecified atom stereocenters. The first kappa shape index (κ1) is 21.9. The van der Waals surface area contributed by atoms with Gasteiger partial charge >= 0.3 is 5.97 Å². The van der Waals surface area contributed by atoms with E-state index in [9.17, 15) is 13.2 Å². The fraction of sp³-hybridized carbons (Fsp3) is 0.389. The maximum atomic E-state index is 11.4. The lowest BCUT2D eigenvalue weighted by molar-refractivity contribution is -0.155. The van der Waals surface area contributed by atoms with Crippen molar-refractivity contribution in [2.24, 2.45) is 5.73 Å². The second kappa shape index (κ2) is 8.98. The summed E-state index contributed by atoms with van der Waals surface area (Å²) >= 11 is 0. The molecule has 1 atom stereocenters. The number of hydrogen-bond donors (Lipinski definition) is 2. The van der Waals surface area contributed by atoms with Gasteiger partial charge in [0.15, 0.2) is 0 Å².